The molecule has 0 saturated carbocycles. The molecule has 0 unspecified atom stereocenters. The van der Waals surface area contributed by atoms with Crippen molar-refractivity contribution in [2.75, 3.05) is 52.9 Å². The molecule has 0 atom stereocenters. The zero-order valence-electron chi connectivity index (χ0n) is 18.1. The van der Waals surface area contributed by atoms with Crippen molar-refractivity contribution in [1.82, 2.24) is 25.0 Å². The lowest BCUT2D eigenvalue weighted by molar-refractivity contribution is -0.130. The van der Waals surface area contributed by atoms with Crippen molar-refractivity contribution < 1.29 is 9.21 Å². The zero-order chi connectivity index (χ0) is 20.1. The zero-order valence-corrected chi connectivity index (χ0v) is 20.4. The molecule has 2 aliphatic heterocycles. The Morgan fingerprint density at radius 3 is 2.28 bits per heavy atom. The number of hydrogen-bond acceptors (Lipinski definition) is 5. The van der Waals surface area contributed by atoms with Crippen LogP contribution >= 0.6 is 24.0 Å². The number of oxazole rings is 1. The van der Waals surface area contributed by atoms with Gasteiger partial charge in [-0.15, -0.1) is 24.0 Å². The summed E-state index contributed by atoms with van der Waals surface area (Å²) in [6, 6.07) is 0. The molecule has 2 aliphatic rings. The van der Waals surface area contributed by atoms with Crippen LogP contribution < -0.4 is 5.32 Å². The van der Waals surface area contributed by atoms with Crippen molar-refractivity contribution in [1.29, 1.82) is 0 Å². The van der Waals surface area contributed by atoms with Gasteiger partial charge in [0.25, 0.3) is 0 Å². The molecule has 3 rings (SSSR count). The molecule has 0 radical (unpaired) electrons. The second kappa shape index (κ2) is 11.1. The van der Waals surface area contributed by atoms with Crippen LogP contribution in [0, 0.1) is 19.8 Å². The number of hydrogen-bond donors (Lipinski definition) is 1. The van der Waals surface area contributed by atoms with Gasteiger partial charge >= 0.3 is 0 Å². The molecule has 8 nitrogen and oxygen atoms in total. The molecule has 3 heterocycles. The number of aryl methyl sites for hydroxylation is 2. The highest BCUT2D eigenvalue weighted by atomic mass is 127. The molecule has 1 N–H and O–H groups in total. The van der Waals surface area contributed by atoms with Gasteiger partial charge in [-0.05, 0) is 45.7 Å². The van der Waals surface area contributed by atoms with E-state index in [1.165, 1.54) is 12.8 Å². The van der Waals surface area contributed by atoms with Gasteiger partial charge in [-0.3, -0.25) is 14.7 Å². The van der Waals surface area contributed by atoms with Crippen molar-refractivity contribution in [3.63, 3.8) is 0 Å². The second-order valence-corrected chi connectivity index (χ2v) is 7.89. The average molecular weight is 518 g/mol. The van der Waals surface area contributed by atoms with E-state index in [1.807, 2.05) is 25.8 Å². The number of carbonyl (C=O) groups is 1. The van der Waals surface area contributed by atoms with Crippen molar-refractivity contribution in [2.24, 2.45) is 10.9 Å². The van der Waals surface area contributed by atoms with Gasteiger partial charge in [0.15, 0.2) is 5.96 Å². The van der Waals surface area contributed by atoms with E-state index in [2.05, 4.69) is 25.1 Å². The number of guanidine groups is 1. The third-order valence-electron chi connectivity index (χ3n) is 5.92. The number of piperidine rings is 1. The Balaban J connectivity index is 0.00000300. The molecular weight excluding hydrogens is 483 g/mol. The molecule has 164 valence electrons. The van der Waals surface area contributed by atoms with Crippen LogP contribution in [0.25, 0.3) is 0 Å². The second-order valence-electron chi connectivity index (χ2n) is 7.89. The molecule has 0 aliphatic carbocycles. The minimum atomic E-state index is 0. The maximum atomic E-state index is 11.5. The van der Waals surface area contributed by atoms with E-state index in [0.717, 1.165) is 75.7 Å². The van der Waals surface area contributed by atoms with Gasteiger partial charge in [0.05, 0.1) is 12.2 Å². The van der Waals surface area contributed by atoms with Crippen LogP contribution in [0.2, 0.25) is 0 Å². The minimum absolute atomic E-state index is 0. The number of aromatic nitrogens is 1. The number of rotatable bonds is 4. The quantitative estimate of drug-likeness (QED) is 0.373. The number of nitrogens with one attached hydrogen (secondary N) is 1. The van der Waals surface area contributed by atoms with Crippen molar-refractivity contribution >= 4 is 35.8 Å². The molecule has 1 aromatic rings. The Hall–Kier alpha value is -1.36. The number of nitrogens with zero attached hydrogens (tertiary/aromatic N) is 5. The summed E-state index contributed by atoms with van der Waals surface area (Å²) in [6.07, 6.45) is 2.33. The fraction of sp³-hybridized carbons (Fsp3) is 0.750. The first-order valence-corrected chi connectivity index (χ1v) is 10.3. The largest absolute Gasteiger partial charge is 0.444 e. The van der Waals surface area contributed by atoms with E-state index in [1.54, 1.807) is 6.92 Å². The summed E-state index contributed by atoms with van der Waals surface area (Å²) in [6.45, 7) is 12.7. The number of amides is 1. The minimum Gasteiger partial charge on any atom is -0.444 e. The van der Waals surface area contributed by atoms with E-state index in [-0.39, 0.29) is 29.9 Å². The van der Waals surface area contributed by atoms with E-state index in [4.69, 9.17) is 4.42 Å². The molecule has 9 heteroatoms. The van der Waals surface area contributed by atoms with Crippen molar-refractivity contribution in [3.8, 4) is 0 Å². The highest BCUT2D eigenvalue weighted by Crippen LogP contribution is 2.19. The van der Waals surface area contributed by atoms with Gasteiger partial charge < -0.3 is 19.5 Å². The third kappa shape index (κ3) is 6.56. The summed E-state index contributed by atoms with van der Waals surface area (Å²) >= 11 is 0. The predicted octanol–water partition coefficient (Wildman–Crippen LogP) is 1.86. The molecule has 1 amide bonds. The monoisotopic (exact) mass is 518 g/mol. The fourth-order valence-corrected chi connectivity index (χ4v) is 3.95. The van der Waals surface area contributed by atoms with Crippen LogP contribution in [-0.4, -0.2) is 84.4 Å². The summed E-state index contributed by atoms with van der Waals surface area (Å²) in [4.78, 5) is 27.0. The topological polar surface area (TPSA) is 77.2 Å². The number of likely N-dealkylation sites (tertiary alicyclic amines) is 1. The van der Waals surface area contributed by atoms with Crippen LogP contribution in [0.5, 0.6) is 0 Å². The lowest BCUT2D eigenvalue weighted by Gasteiger charge is -2.37. The summed E-state index contributed by atoms with van der Waals surface area (Å²) in [5.74, 6) is 3.52. The molecule has 1 aromatic heterocycles. The smallest absolute Gasteiger partial charge is 0.219 e. The summed E-state index contributed by atoms with van der Waals surface area (Å²) in [5, 5.41) is 3.55. The van der Waals surface area contributed by atoms with Gasteiger partial charge in [-0.25, -0.2) is 4.98 Å². The summed E-state index contributed by atoms with van der Waals surface area (Å²) in [7, 11) is 1.84. The van der Waals surface area contributed by atoms with Gasteiger partial charge in [0.2, 0.25) is 11.8 Å². The summed E-state index contributed by atoms with van der Waals surface area (Å²) in [5.41, 5.74) is 0.990. The van der Waals surface area contributed by atoms with E-state index >= 15 is 0 Å². The van der Waals surface area contributed by atoms with E-state index in [0.29, 0.717) is 5.92 Å². The number of halogens is 1. The maximum absolute atomic E-state index is 11.5. The first kappa shape index (κ1) is 23.9. The Bertz CT molecular complexity index is 672. The van der Waals surface area contributed by atoms with Crippen molar-refractivity contribution in [3.05, 3.63) is 17.3 Å². The average Bonchev–Trinajstić information content (AvgIpc) is 3.01. The van der Waals surface area contributed by atoms with Crippen LogP contribution in [0.3, 0.4) is 0 Å². The molecular formula is C20H35IN6O2. The molecule has 29 heavy (non-hydrogen) atoms. The Labute approximate surface area is 191 Å². The van der Waals surface area contributed by atoms with Crippen LogP contribution in [0.15, 0.2) is 9.41 Å². The molecule has 2 saturated heterocycles. The number of carbonyl (C=O) groups excluding carboxylic acids is 1. The number of aliphatic imine (C=N–C) groups is 1. The number of piperazine rings is 1. The molecule has 2 fully saturated rings. The fourth-order valence-electron chi connectivity index (χ4n) is 3.95. The first-order valence-electron chi connectivity index (χ1n) is 10.3. The Morgan fingerprint density at radius 2 is 1.76 bits per heavy atom. The molecule has 0 aromatic carbocycles. The van der Waals surface area contributed by atoms with Crippen LogP contribution in [0.1, 0.15) is 37.1 Å². The van der Waals surface area contributed by atoms with Crippen molar-refractivity contribution in [2.45, 2.75) is 40.2 Å². The Kier molecular flexibility index (Phi) is 9.19. The van der Waals surface area contributed by atoms with Gasteiger partial charge in [0.1, 0.15) is 5.76 Å². The highest BCUT2D eigenvalue weighted by Gasteiger charge is 2.24. The SMILES string of the molecule is CN=C(NCC1CCN(Cc2nc(C)c(C)o2)CC1)N1CCN(C(C)=O)CC1.I. The Morgan fingerprint density at radius 1 is 1.14 bits per heavy atom. The predicted molar refractivity (Wildman–Crippen MR) is 125 cm³/mol. The van der Waals surface area contributed by atoms with Gasteiger partial charge in [-0.2, -0.15) is 0 Å². The van der Waals surface area contributed by atoms with Gasteiger partial charge in [0, 0.05) is 46.7 Å². The normalized spacial score (nSPS) is 19.2. The van der Waals surface area contributed by atoms with E-state index in [9.17, 15) is 4.79 Å². The van der Waals surface area contributed by atoms with Crippen LogP contribution in [-0.2, 0) is 11.3 Å². The van der Waals surface area contributed by atoms with Gasteiger partial charge in [-0.1, -0.05) is 0 Å². The highest BCUT2D eigenvalue weighted by molar-refractivity contribution is 14.0. The maximum Gasteiger partial charge on any atom is 0.219 e. The van der Waals surface area contributed by atoms with Crippen LogP contribution in [0.4, 0.5) is 0 Å². The first-order chi connectivity index (χ1) is 13.5. The standard InChI is InChI=1S/C20H34N6O2.HI/c1-15-16(2)28-19(23-15)14-24-7-5-18(6-8-24)13-22-20(21-4)26-11-9-25(10-12-26)17(3)27;/h18H,5-14H2,1-4H3,(H,21,22);1H. The summed E-state index contributed by atoms with van der Waals surface area (Å²) < 4.78 is 5.72. The lowest BCUT2D eigenvalue weighted by Crippen LogP contribution is -2.54. The molecule has 0 spiro atoms. The molecule has 0 bridgehead atoms. The lowest BCUT2D eigenvalue weighted by atomic mass is 9.97. The van der Waals surface area contributed by atoms with E-state index < -0.39 is 0 Å². The third-order valence-corrected chi connectivity index (χ3v) is 5.92.